The molecule has 3 heteroatoms. The maximum absolute atomic E-state index is 13.6. The quantitative estimate of drug-likeness (QED) is 0.548. The minimum Gasteiger partial charge on any atom is -0.309 e. The molecule has 0 aromatic heterocycles. The standard InChI is InChI=1S/C20H32FNO/c1-7-9-10-11-16(4)22(19(23)20(5,6)8-2)17-12-13-18(21)15(3)14-17/h12-14,16H,7-11H2,1-6H3. The molecular weight excluding hydrogens is 289 g/mol. The molecule has 0 saturated heterocycles. The van der Waals surface area contributed by atoms with E-state index >= 15 is 0 Å². The van der Waals surface area contributed by atoms with E-state index in [2.05, 4.69) is 13.8 Å². The van der Waals surface area contributed by atoms with E-state index in [0.717, 1.165) is 31.4 Å². The molecule has 0 saturated carbocycles. The third kappa shape index (κ3) is 5.05. The summed E-state index contributed by atoms with van der Waals surface area (Å²) in [6, 6.07) is 5.09. The molecule has 1 aromatic carbocycles. The van der Waals surface area contributed by atoms with Crippen LogP contribution in [0.1, 0.15) is 72.3 Å². The van der Waals surface area contributed by atoms with Crippen molar-refractivity contribution in [2.75, 3.05) is 4.90 Å². The molecule has 0 heterocycles. The molecule has 0 radical (unpaired) electrons. The van der Waals surface area contributed by atoms with Crippen molar-refractivity contribution in [2.24, 2.45) is 5.41 Å². The summed E-state index contributed by atoms with van der Waals surface area (Å²) < 4.78 is 13.6. The summed E-state index contributed by atoms with van der Waals surface area (Å²) in [5.74, 6) is -0.107. The summed E-state index contributed by atoms with van der Waals surface area (Å²) in [4.78, 5) is 15.0. The van der Waals surface area contributed by atoms with Gasteiger partial charge in [-0.2, -0.15) is 0 Å². The number of aryl methyl sites for hydroxylation is 1. The van der Waals surface area contributed by atoms with Crippen LogP contribution in [0.5, 0.6) is 0 Å². The van der Waals surface area contributed by atoms with Gasteiger partial charge in [0.05, 0.1) is 0 Å². The highest BCUT2D eigenvalue weighted by atomic mass is 19.1. The number of anilines is 1. The Morgan fingerprint density at radius 2 is 1.91 bits per heavy atom. The van der Waals surface area contributed by atoms with Crippen LogP contribution in [0.3, 0.4) is 0 Å². The van der Waals surface area contributed by atoms with E-state index in [1.54, 1.807) is 19.1 Å². The first-order chi connectivity index (χ1) is 10.7. The Morgan fingerprint density at radius 3 is 2.43 bits per heavy atom. The SMILES string of the molecule is CCCCCC(C)N(C(=O)C(C)(C)CC)c1ccc(F)c(C)c1. The Hall–Kier alpha value is -1.38. The minimum atomic E-state index is -0.415. The van der Waals surface area contributed by atoms with Crippen LogP contribution < -0.4 is 4.90 Å². The largest absolute Gasteiger partial charge is 0.309 e. The van der Waals surface area contributed by atoms with Crippen molar-refractivity contribution >= 4 is 11.6 Å². The highest BCUT2D eigenvalue weighted by Crippen LogP contribution is 2.30. The zero-order chi connectivity index (χ0) is 17.6. The molecule has 1 rings (SSSR count). The second-order valence-electron chi connectivity index (χ2n) is 7.19. The van der Waals surface area contributed by atoms with Crippen molar-refractivity contribution in [3.8, 4) is 0 Å². The molecule has 0 bridgehead atoms. The first-order valence-corrected chi connectivity index (χ1v) is 8.84. The minimum absolute atomic E-state index is 0.115. The molecule has 0 aliphatic carbocycles. The summed E-state index contributed by atoms with van der Waals surface area (Å²) in [5.41, 5.74) is 0.969. The first-order valence-electron chi connectivity index (χ1n) is 8.84. The van der Waals surface area contributed by atoms with Gasteiger partial charge in [0.1, 0.15) is 5.82 Å². The summed E-state index contributed by atoms with van der Waals surface area (Å²) in [5, 5.41) is 0. The van der Waals surface area contributed by atoms with Crippen molar-refractivity contribution in [3.63, 3.8) is 0 Å². The van der Waals surface area contributed by atoms with Gasteiger partial charge in [0.25, 0.3) is 0 Å². The van der Waals surface area contributed by atoms with Crippen LogP contribution in [0.2, 0.25) is 0 Å². The molecule has 1 atom stereocenters. The number of nitrogens with zero attached hydrogens (tertiary/aromatic N) is 1. The van der Waals surface area contributed by atoms with Crippen molar-refractivity contribution in [1.82, 2.24) is 0 Å². The molecule has 23 heavy (non-hydrogen) atoms. The van der Waals surface area contributed by atoms with E-state index in [-0.39, 0.29) is 17.8 Å². The lowest BCUT2D eigenvalue weighted by molar-refractivity contribution is -0.127. The molecule has 2 nitrogen and oxygen atoms in total. The Balaban J connectivity index is 3.14. The van der Waals surface area contributed by atoms with E-state index in [1.165, 1.54) is 12.5 Å². The number of carbonyl (C=O) groups is 1. The number of rotatable bonds is 8. The topological polar surface area (TPSA) is 20.3 Å². The maximum atomic E-state index is 13.6. The number of hydrogen-bond donors (Lipinski definition) is 0. The highest BCUT2D eigenvalue weighted by molar-refractivity contribution is 5.97. The number of unbranched alkanes of at least 4 members (excludes halogenated alkanes) is 2. The van der Waals surface area contributed by atoms with Gasteiger partial charge in [0.2, 0.25) is 5.91 Å². The third-order valence-corrected chi connectivity index (χ3v) is 4.77. The van der Waals surface area contributed by atoms with Crippen molar-refractivity contribution in [3.05, 3.63) is 29.6 Å². The van der Waals surface area contributed by atoms with Crippen LogP contribution in [0, 0.1) is 18.2 Å². The maximum Gasteiger partial charge on any atom is 0.232 e. The number of benzene rings is 1. The Kier molecular flexibility index (Phi) is 7.24. The second-order valence-corrected chi connectivity index (χ2v) is 7.19. The van der Waals surface area contributed by atoms with Gasteiger partial charge in [-0.05, 0) is 50.5 Å². The number of halogens is 1. The van der Waals surface area contributed by atoms with Crippen LogP contribution in [-0.2, 0) is 4.79 Å². The van der Waals surface area contributed by atoms with E-state index in [9.17, 15) is 9.18 Å². The molecule has 130 valence electrons. The number of amides is 1. The van der Waals surface area contributed by atoms with Gasteiger partial charge in [-0.15, -0.1) is 0 Å². The zero-order valence-corrected chi connectivity index (χ0v) is 15.6. The predicted molar refractivity (Wildman–Crippen MR) is 96.3 cm³/mol. The monoisotopic (exact) mass is 321 g/mol. The van der Waals surface area contributed by atoms with Gasteiger partial charge in [-0.25, -0.2) is 4.39 Å². The molecule has 0 fully saturated rings. The van der Waals surface area contributed by atoms with Crippen LogP contribution in [0.25, 0.3) is 0 Å². The second kappa shape index (κ2) is 8.47. The molecule has 1 unspecified atom stereocenters. The van der Waals surface area contributed by atoms with Crippen molar-refractivity contribution < 1.29 is 9.18 Å². The molecule has 0 spiro atoms. The molecule has 0 N–H and O–H groups in total. The lowest BCUT2D eigenvalue weighted by atomic mass is 9.87. The molecule has 0 aliphatic heterocycles. The lowest BCUT2D eigenvalue weighted by Crippen LogP contribution is -2.46. The summed E-state index contributed by atoms with van der Waals surface area (Å²) in [6.45, 7) is 12.0. The fourth-order valence-electron chi connectivity index (χ4n) is 2.65. The average Bonchev–Trinajstić information content (AvgIpc) is 2.51. The molecule has 0 aliphatic rings. The van der Waals surface area contributed by atoms with Gasteiger partial charge in [-0.3, -0.25) is 4.79 Å². The number of hydrogen-bond acceptors (Lipinski definition) is 1. The lowest BCUT2D eigenvalue weighted by Gasteiger charge is -2.36. The highest BCUT2D eigenvalue weighted by Gasteiger charge is 2.33. The van der Waals surface area contributed by atoms with Crippen LogP contribution >= 0.6 is 0 Å². The zero-order valence-electron chi connectivity index (χ0n) is 15.6. The first kappa shape index (κ1) is 19.7. The Bertz CT molecular complexity index is 524. The van der Waals surface area contributed by atoms with Gasteiger partial charge in [0, 0.05) is 17.1 Å². The van der Waals surface area contributed by atoms with Gasteiger partial charge >= 0.3 is 0 Å². The van der Waals surface area contributed by atoms with Gasteiger partial charge in [0.15, 0.2) is 0 Å². The van der Waals surface area contributed by atoms with Crippen molar-refractivity contribution in [2.45, 2.75) is 79.7 Å². The summed E-state index contributed by atoms with van der Waals surface area (Å²) in [6.07, 6.45) is 5.19. The summed E-state index contributed by atoms with van der Waals surface area (Å²) in [7, 11) is 0. The van der Waals surface area contributed by atoms with E-state index in [0.29, 0.717) is 5.56 Å². The molecular formula is C20H32FNO. The van der Waals surface area contributed by atoms with Crippen LogP contribution in [-0.4, -0.2) is 11.9 Å². The van der Waals surface area contributed by atoms with Crippen molar-refractivity contribution in [1.29, 1.82) is 0 Å². The fourth-order valence-corrected chi connectivity index (χ4v) is 2.65. The number of carbonyl (C=O) groups excluding carboxylic acids is 1. The molecule has 1 amide bonds. The van der Waals surface area contributed by atoms with E-state index < -0.39 is 5.41 Å². The van der Waals surface area contributed by atoms with E-state index in [1.807, 2.05) is 25.7 Å². The smallest absolute Gasteiger partial charge is 0.232 e. The van der Waals surface area contributed by atoms with Crippen LogP contribution in [0.15, 0.2) is 18.2 Å². The van der Waals surface area contributed by atoms with Gasteiger partial charge in [-0.1, -0.05) is 47.0 Å². The predicted octanol–water partition coefficient (Wildman–Crippen LogP) is 5.87. The fraction of sp³-hybridized carbons (Fsp3) is 0.650. The normalized spacial score (nSPS) is 13.0. The molecule has 1 aromatic rings. The summed E-state index contributed by atoms with van der Waals surface area (Å²) >= 11 is 0. The van der Waals surface area contributed by atoms with E-state index in [4.69, 9.17) is 0 Å². The van der Waals surface area contributed by atoms with Gasteiger partial charge < -0.3 is 4.90 Å². The van der Waals surface area contributed by atoms with Crippen LogP contribution in [0.4, 0.5) is 10.1 Å². The third-order valence-electron chi connectivity index (χ3n) is 4.77. The Morgan fingerprint density at radius 1 is 1.26 bits per heavy atom. The average molecular weight is 321 g/mol. The Labute approximate surface area is 141 Å².